The van der Waals surface area contributed by atoms with Crippen LogP contribution in [0.25, 0.3) is 11.4 Å². The van der Waals surface area contributed by atoms with Crippen LogP contribution < -0.4 is 4.74 Å². The minimum absolute atomic E-state index is 0.123. The Hall–Kier alpha value is -2.17. The summed E-state index contributed by atoms with van der Waals surface area (Å²) in [6.45, 7) is 5.54. The van der Waals surface area contributed by atoms with Crippen molar-refractivity contribution in [2.75, 3.05) is 7.11 Å². The first-order chi connectivity index (χ1) is 8.93. The van der Waals surface area contributed by atoms with Crippen LogP contribution in [0.15, 0.2) is 30.3 Å². The number of carbonyl (C=O) groups is 1. The highest BCUT2D eigenvalue weighted by Crippen LogP contribution is 2.24. The molecule has 0 unspecified atom stereocenters. The largest absolute Gasteiger partial charge is 0.466 e. The lowest BCUT2D eigenvalue weighted by molar-refractivity contribution is 0.0749. The quantitative estimate of drug-likeness (QED) is 0.832. The number of nitrogens with zero attached hydrogens (tertiary/aromatic N) is 3. The molecule has 0 bridgehead atoms. The third-order valence-electron chi connectivity index (χ3n) is 2.64. The van der Waals surface area contributed by atoms with Crippen LogP contribution in [-0.4, -0.2) is 27.8 Å². The van der Waals surface area contributed by atoms with Crippen molar-refractivity contribution in [3.05, 3.63) is 30.3 Å². The second kappa shape index (κ2) is 4.84. The van der Waals surface area contributed by atoms with Gasteiger partial charge in [0.1, 0.15) is 0 Å². The highest BCUT2D eigenvalue weighted by molar-refractivity contribution is 5.86. The molecule has 0 amide bonds. The van der Waals surface area contributed by atoms with Crippen molar-refractivity contribution in [2.45, 2.75) is 20.8 Å². The van der Waals surface area contributed by atoms with Gasteiger partial charge >= 0.3 is 6.01 Å². The van der Waals surface area contributed by atoms with Crippen molar-refractivity contribution in [1.29, 1.82) is 0 Å². The van der Waals surface area contributed by atoms with E-state index < -0.39 is 5.41 Å². The number of ether oxygens (including phenoxy) is 1. The molecular formula is C14H17N3O2. The van der Waals surface area contributed by atoms with Gasteiger partial charge in [0, 0.05) is 11.0 Å². The first kappa shape index (κ1) is 13.3. The fourth-order valence-electron chi connectivity index (χ4n) is 1.61. The van der Waals surface area contributed by atoms with E-state index in [0.717, 1.165) is 5.56 Å². The number of hydrogen-bond donors (Lipinski definition) is 0. The van der Waals surface area contributed by atoms with Crippen LogP contribution in [-0.2, 0) is 0 Å². The topological polar surface area (TPSA) is 57.0 Å². The molecule has 2 rings (SSSR count). The lowest BCUT2D eigenvalue weighted by atomic mass is 9.96. The number of methoxy groups -OCH3 is 1. The molecule has 0 atom stereocenters. The summed E-state index contributed by atoms with van der Waals surface area (Å²) in [7, 11) is 1.48. The predicted octanol–water partition coefficient (Wildman–Crippen LogP) is 2.64. The molecule has 0 aliphatic rings. The first-order valence-electron chi connectivity index (χ1n) is 6.05. The zero-order valence-corrected chi connectivity index (χ0v) is 11.5. The van der Waals surface area contributed by atoms with Crippen LogP contribution in [0.4, 0.5) is 0 Å². The van der Waals surface area contributed by atoms with Crippen LogP contribution in [0.1, 0.15) is 25.6 Å². The van der Waals surface area contributed by atoms with Gasteiger partial charge in [-0.1, -0.05) is 51.1 Å². The lowest BCUT2D eigenvalue weighted by Gasteiger charge is -2.16. The maximum atomic E-state index is 12.4. The Morgan fingerprint density at radius 3 is 2.37 bits per heavy atom. The molecule has 0 saturated heterocycles. The summed E-state index contributed by atoms with van der Waals surface area (Å²) in [5, 5.41) is 4.11. The summed E-state index contributed by atoms with van der Waals surface area (Å²) in [6, 6.07) is 9.65. The molecule has 0 fully saturated rings. The Balaban J connectivity index is 2.55. The highest BCUT2D eigenvalue weighted by Gasteiger charge is 2.28. The third kappa shape index (κ3) is 2.65. The van der Waals surface area contributed by atoms with E-state index in [0.29, 0.717) is 5.82 Å². The van der Waals surface area contributed by atoms with Gasteiger partial charge in [0.05, 0.1) is 7.11 Å². The van der Waals surface area contributed by atoms with Gasteiger partial charge in [0.25, 0.3) is 5.91 Å². The van der Waals surface area contributed by atoms with Crippen LogP contribution in [0.3, 0.4) is 0 Å². The third-order valence-corrected chi connectivity index (χ3v) is 2.64. The normalized spacial score (nSPS) is 11.4. The maximum absolute atomic E-state index is 12.4. The van der Waals surface area contributed by atoms with Crippen LogP contribution in [0.2, 0.25) is 0 Å². The molecule has 1 aromatic heterocycles. The molecule has 0 radical (unpaired) electrons. The van der Waals surface area contributed by atoms with E-state index in [1.54, 1.807) is 0 Å². The Morgan fingerprint density at radius 1 is 1.21 bits per heavy atom. The van der Waals surface area contributed by atoms with E-state index in [4.69, 9.17) is 4.74 Å². The zero-order valence-electron chi connectivity index (χ0n) is 11.5. The Labute approximate surface area is 112 Å². The molecule has 100 valence electrons. The van der Waals surface area contributed by atoms with Crippen LogP contribution in [0.5, 0.6) is 6.01 Å². The van der Waals surface area contributed by atoms with Gasteiger partial charge in [-0.2, -0.15) is 9.67 Å². The molecule has 0 saturated carbocycles. The van der Waals surface area contributed by atoms with Gasteiger partial charge in [-0.3, -0.25) is 4.79 Å². The molecular weight excluding hydrogens is 242 g/mol. The Morgan fingerprint density at radius 2 is 1.84 bits per heavy atom. The zero-order chi connectivity index (χ0) is 14.0. The molecule has 1 heterocycles. The number of rotatable bonds is 2. The summed E-state index contributed by atoms with van der Waals surface area (Å²) in [5.41, 5.74) is 0.290. The second-order valence-corrected chi connectivity index (χ2v) is 5.26. The lowest BCUT2D eigenvalue weighted by Crippen LogP contribution is -2.28. The van der Waals surface area contributed by atoms with Crippen LogP contribution >= 0.6 is 0 Å². The van der Waals surface area contributed by atoms with Gasteiger partial charge in [-0.15, -0.1) is 5.10 Å². The molecule has 1 aromatic carbocycles. The average molecular weight is 259 g/mol. The van der Waals surface area contributed by atoms with Gasteiger partial charge in [-0.25, -0.2) is 0 Å². The van der Waals surface area contributed by atoms with Gasteiger partial charge in [0.2, 0.25) is 0 Å². The molecule has 0 aliphatic carbocycles. The number of benzene rings is 1. The smallest absolute Gasteiger partial charge is 0.336 e. The van der Waals surface area contributed by atoms with Crippen molar-refractivity contribution in [2.24, 2.45) is 5.41 Å². The first-order valence-corrected chi connectivity index (χ1v) is 6.05. The van der Waals surface area contributed by atoms with Gasteiger partial charge in [0.15, 0.2) is 5.82 Å². The summed E-state index contributed by atoms with van der Waals surface area (Å²) in [5.74, 6) is 0.375. The predicted molar refractivity (Wildman–Crippen MR) is 72.1 cm³/mol. The standard InChI is InChI=1S/C14H17N3O2/c1-14(2,3)12(18)17-11(15-13(16-17)19-4)10-8-6-5-7-9-10/h5-9H,1-4H3. The summed E-state index contributed by atoms with van der Waals surface area (Å²) >= 11 is 0. The summed E-state index contributed by atoms with van der Waals surface area (Å²) < 4.78 is 6.34. The summed E-state index contributed by atoms with van der Waals surface area (Å²) in [6.07, 6.45) is 0. The number of aromatic nitrogens is 3. The van der Waals surface area contributed by atoms with E-state index in [9.17, 15) is 4.79 Å². The fourth-order valence-corrected chi connectivity index (χ4v) is 1.61. The Kier molecular flexibility index (Phi) is 3.38. The molecule has 0 aliphatic heterocycles. The van der Waals surface area contributed by atoms with E-state index in [2.05, 4.69) is 10.1 Å². The Bertz CT molecular complexity index is 582. The van der Waals surface area contributed by atoms with E-state index >= 15 is 0 Å². The molecule has 0 N–H and O–H groups in total. The number of carbonyl (C=O) groups excluding carboxylic acids is 1. The van der Waals surface area contributed by atoms with E-state index in [1.165, 1.54) is 11.8 Å². The molecule has 19 heavy (non-hydrogen) atoms. The van der Waals surface area contributed by atoms with E-state index in [-0.39, 0.29) is 11.9 Å². The van der Waals surface area contributed by atoms with Gasteiger partial charge < -0.3 is 4.74 Å². The van der Waals surface area contributed by atoms with Crippen molar-refractivity contribution < 1.29 is 9.53 Å². The molecule has 2 aromatic rings. The molecule has 5 nitrogen and oxygen atoms in total. The maximum Gasteiger partial charge on any atom is 0.336 e. The van der Waals surface area contributed by atoms with Crippen LogP contribution in [0, 0.1) is 5.41 Å². The van der Waals surface area contributed by atoms with Crippen molar-refractivity contribution in [3.63, 3.8) is 0 Å². The van der Waals surface area contributed by atoms with E-state index in [1.807, 2.05) is 51.1 Å². The number of hydrogen-bond acceptors (Lipinski definition) is 4. The highest BCUT2D eigenvalue weighted by atomic mass is 16.5. The SMILES string of the molecule is COc1nc(-c2ccccc2)n(C(=O)C(C)(C)C)n1. The monoisotopic (exact) mass is 259 g/mol. The molecule has 0 spiro atoms. The van der Waals surface area contributed by atoms with Crippen molar-refractivity contribution in [3.8, 4) is 17.4 Å². The van der Waals surface area contributed by atoms with Gasteiger partial charge in [-0.05, 0) is 0 Å². The average Bonchev–Trinajstić information content (AvgIpc) is 2.81. The fraction of sp³-hybridized carbons (Fsp3) is 0.357. The summed E-state index contributed by atoms with van der Waals surface area (Å²) in [4.78, 5) is 16.6. The molecule has 5 heteroatoms. The van der Waals surface area contributed by atoms with Crippen molar-refractivity contribution in [1.82, 2.24) is 14.8 Å². The van der Waals surface area contributed by atoms with Crippen molar-refractivity contribution >= 4 is 5.91 Å². The minimum atomic E-state index is -0.539. The minimum Gasteiger partial charge on any atom is -0.466 e. The second-order valence-electron chi connectivity index (χ2n) is 5.26.